The second-order valence-electron chi connectivity index (χ2n) is 4.43. The topological polar surface area (TPSA) is 43.1 Å². The summed E-state index contributed by atoms with van der Waals surface area (Å²) in [6.45, 7) is 0. The number of rotatable bonds is 0. The molecule has 2 heterocycles. The third kappa shape index (κ3) is 1.13. The first-order valence-electron chi connectivity index (χ1n) is 5.83. The first-order chi connectivity index (χ1) is 8.84. The third-order valence-electron chi connectivity index (χ3n) is 3.42. The molecule has 0 radical (unpaired) electrons. The molecule has 3 heteroatoms. The van der Waals surface area contributed by atoms with E-state index in [4.69, 9.17) is 4.42 Å². The Kier molecular flexibility index (Phi) is 1.75. The molecule has 1 aliphatic carbocycles. The lowest BCUT2D eigenvalue weighted by molar-refractivity contribution is 0.559. The van der Waals surface area contributed by atoms with Crippen LogP contribution >= 0.6 is 0 Å². The molecule has 1 aromatic carbocycles. The van der Waals surface area contributed by atoms with Crippen LogP contribution in [0.4, 0.5) is 0 Å². The molecule has 0 spiro atoms. The highest BCUT2D eigenvalue weighted by Gasteiger charge is 2.27. The van der Waals surface area contributed by atoms with Crippen molar-refractivity contribution >= 4 is 0 Å². The number of nitrogens with zero attached hydrogens (tertiary/aromatic N) is 1. The quantitative estimate of drug-likeness (QED) is 0.470. The molecule has 0 bridgehead atoms. The smallest absolute Gasteiger partial charge is 0.281 e. The Bertz CT molecular complexity index is 789. The van der Waals surface area contributed by atoms with Crippen LogP contribution in [-0.2, 0) is 6.42 Å². The van der Waals surface area contributed by atoms with Crippen molar-refractivity contribution < 1.29 is 4.42 Å². The summed E-state index contributed by atoms with van der Waals surface area (Å²) >= 11 is 0. The van der Waals surface area contributed by atoms with E-state index in [1.165, 1.54) is 5.56 Å². The average molecular weight is 235 g/mol. The largest absolute Gasteiger partial charge is 0.464 e. The molecule has 18 heavy (non-hydrogen) atoms. The van der Waals surface area contributed by atoms with Crippen molar-refractivity contribution in [3.8, 4) is 22.6 Å². The molecule has 0 saturated carbocycles. The fourth-order valence-corrected chi connectivity index (χ4v) is 2.60. The van der Waals surface area contributed by atoms with Gasteiger partial charge in [-0.1, -0.05) is 24.3 Å². The van der Waals surface area contributed by atoms with Crippen molar-refractivity contribution in [2.45, 2.75) is 6.42 Å². The second-order valence-corrected chi connectivity index (χ2v) is 4.43. The molecule has 3 aliphatic rings. The van der Waals surface area contributed by atoms with Gasteiger partial charge in [0, 0.05) is 17.5 Å². The maximum atomic E-state index is 12.0. The lowest BCUT2D eigenvalue weighted by Crippen LogP contribution is -2.12. The minimum Gasteiger partial charge on any atom is -0.464 e. The van der Waals surface area contributed by atoms with Gasteiger partial charge in [-0.05, 0) is 17.7 Å². The molecule has 0 atom stereocenters. The number of aromatic nitrogens is 1. The van der Waals surface area contributed by atoms with Gasteiger partial charge >= 0.3 is 0 Å². The predicted octanol–water partition coefficient (Wildman–Crippen LogP) is 2.71. The molecule has 3 nitrogen and oxygen atoms in total. The summed E-state index contributed by atoms with van der Waals surface area (Å²) in [5.74, 6) is 0.670. The summed E-state index contributed by atoms with van der Waals surface area (Å²) in [6.07, 6.45) is 2.38. The zero-order chi connectivity index (χ0) is 12.1. The summed E-state index contributed by atoms with van der Waals surface area (Å²) < 4.78 is 5.53. The molecular formula is C15H9NO2. The molecule has 0 saturated heterocycles. The molecule has 0 aromatic heterocycles. The monoisotopic (exact) mass is 235 g/mol. The van der Waals surface area contributed by atoms with E-state index in [1.807, 2.05) is 18.2 Å². The summed E-state index contributed by atoms with van der Waals surface area (Å²) in [7, 11) is 0. The van der Waals surface area contributed by atoms with E-state index in [9.17, 15) is 4.79 Å². The standard InChI is InChI=1S/C15H9NO2/c17-15-11-6-3-7-18-14(11)12-8-9-4-1-2-5-10(9)13(12)16-15/h1-7H,8H2. The van der Waals surface area contributed by atoms with E-state index in [2.05, 4.69) is 11.1 Å². The maximum absolute atomic E-state index is 12.0. The van der Waals surface area contributed by atoms with Gasteiger partial charge in [-0.25, -0.2) is 4.98 Å². The van der Waals surface area contributed by atoms with E-state index in [0.717, 1.165) is 23.2 Å². The van der Waals surface area contributed by atoms with Crippen LogP contribution in [-0.4, -0.2) is 4.98 Å². The number of hydrogen-bond donors (Lipinski definition) is 0. The molecule has 86 valence electrons. The molecule has 2 aliphatic heterocycles. The van der Waals surface area contributed by atoms with E-state index >= 15 is 0 Å². The highest BCUT2D eigenvalue weighted by Crippen LogP contribution is 2.39. The average Bonchev–Trinajstić information content (AvgIpc) is 2.78. The van der Waals surface area contributed by atoms with Gasteiger partial charge in [0.25, 0.3) is 5.56 Å². The molecular weight excluding hydrogens is 226 g/mol. The molecule has 4 rings (SSSR count). The van der Waals surface area contributed by atoms with Crippen LogP contribution in [0, 0.1) is 0 Å². The van der Waals surface area contributed by atoms with Gasteiger partial charge in [0.1, 0.15) is 5.76 Å². The van der Waals surface area contributed by atoms with Crippen molar-refractivity contribution in [3.05, 3.63) is 64.1 Å². The van der Waals surface area contributed by atoms with E-state index < -0.39 is 0 Å². The second kappa shape index (κ2) is 3.29. The normalized spacial score (nSPS) is 12.4. The van der Waals surface area contributed by atoms with Crippen LogP contribution in [0.3, 0.4) is 0 Å². The molecule has 1 aromatic rings. The minimum atomic E-state index is -0.218. The van der Waals surface area contributed by atoms with Crippen LogP contribution in [0.15, 0.2) is 51.9 Å². The van der Waals surface area contributed by atoms with Crippen molar-refractivity contribution in [2.75, 3.05) is 0 Å². The SMILES string of the molecule is O=c1nc2c(c3occcc1-3)Cc1ccccc1-2. The minimum absolute atomic E-state index is 0.218. The van der Waals surface area contributed by atoms with E-state index in [-0.39, 0.29) is 5.56 Å². The third-order valence-corrected chi connectivity index (χ3v) is 3.42. The Hall–Kier alpha value is -2.42. The molecule has 0 N–H and O–H groups in total. The van der Waals surface area contributed by atoms with Gasteiger partial charge in [-0.15, -0.1) is 0 Å². The van der Waals surface area contributed by atoms with Gasteiger partial charge in [0.05, 0.1) is 17.5 Å². The number of benzene rings is 1. The lowest BCUT2D eigenvalue weighted by Gasteiger charge is -2.07. The van der Waals surface area contributed by atoms with Crippen LogP contribution in [0.1, 0.15) is 11.1 Å². The van der Waals surface area contributed by atoms with Gasteiger partial charge < -0.3 is 4.42 Å². The van der Waals surface area contributed by atoms with Crippen molar-refractivity contribution in [1.82, 2.24) is 4.98 Å². The zero-order valence-corrected chi connectivity index (χ0v) is 9.51. The van der Waals surface area contributed by atoms with Gasteiger partial charge in [0.15, 0.2) is 0 Å². The van der Waals surface area contributed by atoms with Crippen LogP contribution < -0.4 is 5.56 Å². The van der Waals surface area contributed by atoms with Crippen LogP contribution in [0.25, 0.3) is 22.6 Å². The first kappa shape index (κ1) is 9.59. The van der Waals surface area contributed by atoms with Gasteiger partial charge in [-0.2, -0.15) is 0 Å². The van der Waals surface area contributed by atoms with E-state index in [0.29, 0.717) is 11.3 Å². The van der Waals surface area contributed by atoms with Gasteiger partial charge in [0.2, 0.25) is 0 Å². The lowest BCUT2D eigenvalue weighted by atomic mass is 10.1. The Balaban J connectivity index is 2.14. The predicted molar refractivity (Wildman–Crippen MR) is 67.6 cm³/mol. The summed E-state index contributed by atoms with van der Waals surface area (Å²) in [5, 5.41) is 0. The first-order valence-corrected chi connectivity index (χ1v) is 5.83. The Morgan fingerprint density at radius 1 is 1.06 bits per heavy atom. The highest BCUT2D eigenvalue weighted by molar-refractivity contribution is 5.80. The fraction of sp³-hybridized carbons (Fsp3) is 0.0667. The zero-order valence-electron chi connectivity index (χ0n) is 9.51. The van der Waals surface area contributed by atoms with Crippen LogP contribution in [0.2, 0.25) is 0 Å². The van der Waals surface area contributed by atoms with Crippen LogP contribution in [0.5, 0.6) is 0 Å². The Morgan fingerprint density at radius 2 is 1.89 bits per heavy atom. The fourth-order valence-electron chi connectivity index (χ4n) is 2.60. The van der Waals surface area contributed by atoms with Crippen molar-refractivity contribution in [3.63, 3.8) is 0 Å². The summed E-state index contributed by atoms with van der Waals surface area (Å²) in [6, 6.07) is 11.5. The van der Waals surface area contributed by atoms with E-state index in [1.54, 1.807) is 18.4 Å². The Labute approximate surface area is 103 Å². The summed E-state index contributed by atoms with van der Waals surface area (Å²) in [5.41, 5.74) is 4.38. The number of fused-ring (bicyclic) bond motifs is 5. The van der Waals surface area contributed by atoms with Gasteiger partial charge in [-0.3, -0.25) is 4.79 Å². The number of pyridine rings is 1. The number of hydrogen-bond acceptors (Lipinski definition) is 3. The Morgan fingerprint density at radius 3 is 2.83 bits per heavy atom. The molecule has 0 amide bonds. The molecule has 0 fully saturated rings. The van der Waals surface area contributed by atoms with Crippen molar-refractivity contribution in [1.29, 1.82) is 0 Å². The molecule has 0 unspecified atom stereocenters. The van der Waals surface area contributed by atoms with Crippen molar-refractivity contribution in [2.24, 2.45) is 0 Å². The summed E-state index contributed by atoms with van der Waals surface area (Å²) in [4.78, 5) is 16.2. The maximum Gasteiger partial charge on any atom is 0.281 e. The highest BCUT2D eigenvalue weighted by atomic mass is 16.3.